The summed E-state index contributed by atoms with van der Waals surface area (Å²) in [6.07, 6.45) is 4.08. The molecule has 1 aliphatic rings. The molecule has 0 radical (unpaired) electrons. The molecule has 0 aromatic heterocycles. The number of hydrogen-bond donors (Lipinski definition) is 2. The average molecular weight is 261 g/mol. The zero-order chi connectivity index (χ0) is 13.7. The van der Waals surface area contributed by atoms with Crippen molar-refractivity contribution in [3.8, 4) is 5.75 Å². The maximum Gasteiger partial charge on any atom is 0.248 e. The highest BCUT2D eigenvalue weighted by Crippen LogP contribution is 2.35. The number of carbonyl (C=O) groups is 1. The minimum Gasteiger partial charge on any atom is -0.491 e. The molecule has 0 atom stereocenters. The van der Waals surface area contributed by atoms with E-state index in [0.29, 0.717) is 11.7 Å². The van der Waals surface area contributed by atoms with Gasteiger partial charge in [-0.05, 0) is 49.9 Å². The Labute approximate surface area is 113 Å². The van der Waals surface area contributed by atoms with Gasteiger partial charge in [0.25, 0.3) is 0 Å². The molecule has 0 heterocycles. The molecule has 4 nitrogen and oxygen atoms in total. The maximum absolute atomic E-state index is 11.8. The molecule has 1 aromatic carbocycles. The monoisotopic (exact) mass is 261 g/mol. The molecule has 0 spiro atoms. The summed E-state index contributed by atoms with van der Waals surface area (Å²) in [5, 5.41) is 11.5. The third kappa shape index (κ3) is 4.41. The molecule has 1 fully saturated rings. The Balaban J connectivity index is 1.88. The van der Waals surface area contributed by atoms with Crippen molar-refractivity contribution < 1.29 is 14.6 Å². The van der Waals surface area contributed by atoms with Crippen LogP contribution in [0.3, 0.4) is 0 Å². The Morgan fingerprint density at radius 2 is 2.11 bits per heavy atom. The van der Waals surface area contributed by atoms with Gasteiger partial charge in [0.1, 0.15) is 12.4 Å². The van der Waals surface area contributed by atoms with Gasteiger partial charge >= 0.3 is 0 Å². The van der Waals surface area contributed by atoms with Crippen LogP contribution in [0.25, 0.3) is 0 Å². The lowest BCUT2D eigenvalue weighted by Gasteiger charge is -2.06. The van der Waals surface area contributed by atoms with Crippen LogP contribution < -0.4 is 10.1 Å². The summed E-state index contributed by atoms with van der Waals surface area (Å²) < 4.78 is 5.24. The first-order valence-corrected chi connectivity index (χ1v) is 6.52. The van der Waals surface area contributed by atoms with Gasteiger partial charge in [-0.3, -0.25) is 4.79 Å². The molecule has 1 saturated carbocycles. The van der Waals surface area contributed by atoms with E-state index in [4.69, 9.17) is 9.84 Å². The number of benzene rings is 1. The molecular formula is C15H19NO3. The predicted molar refractivity (Wildman–Crippen MR) is 74.1 cm³/mol. The van der Waals surface area contributed by atoms with E-state index in [1.165, 1.54) is 12.8 Å². The lowest BCUT2D eigenvalue weighted by atomic mass is 10.2. The number of nitrogens with one attached hydrogen (secondary N) is 1. The van der Waals surface area contributed by atoms with Gasteiger partial charge in [-0.2, -0.15) is 0 Å². The minimum absolute atomic E-state index is 0.0102. The van der Waals surface area contributed by atoms with Crippen molar-refractivity contribution in [3.63, 3.8) is 0 Å². The second-order valence-corrected chi connectivity index (χ2v) is 4.75. The first-order chi connectivity index (χ1) is 9.19. The Hall–Kier alpha value is -1.81. The lowest BCUT2D eigenvalue weighted by molar-refractivity contribution is -0.112. The summed E-state index contributed by atoms with van der Waals surface area (Å²) >= 11 is 0. The van der Waals surface area contributed by atoms with Crippen molar-refractivity contribution in [1.82, 2.24) is 0 Å². The topological polar surface area (TPSA) is 58.6 Å². The molecular weight excluding hydrogens is 242 g/mol. The molecule has 19 heavy (non-hydrogen) atoms. The SMILES string of the molecule is CC(=CC(=O)Nc1ccc(OCCO)cc1)C1CC1. The molecule has 2 rings (SSSR count). The predicted octanol–water partition coefficient (Wildman–Crippen LogP) is 2.35. The molecule has 0 unspecified atom stereocenters. The van der Waals surface area contributed by atoms with Gasteiger partial charge in [0, 0.05) is 11.8 Å². The van der Waals surface area contributed by atoms with Gasteiger partial charge < -0.3 is 15.2 Å². The van der Waals surface area contributed by atoms with Gasteiger partial charge in [0.15, 0.2) is 0 Å². The summed E-state index contributed by atoms with van der Waals surface area (Å²) in [4.78, 5) is 11.8. The quantitative estimate of drug-likeness (QED) is 0.773. The Morgan fingerprint density at radius 1 is 1.42 bits per heavy atom. The number of aliphatic hydroxyl groups excluding tert-OH is 1. The number of carbonyl (C=O) groups excluding carboxylic acids is 1. The van der Waals surface area contributed by atoms with Crippen LogP contribution in [0, 0.1) is 5.92 Å². The van der Waals surface area contributed by atoms with Gasteiger partial charge in [0.05, 0.1) is 6.61 Å². The number of anilines is 1. The van der Waals surface area contributed by atoms with Crippen molar-refractivity contribution in [2.45, 2.75) is 19.8 Å². The summed E-state index contributed by atoms with van der Waals surface area (Å²) in [5.41, 5.74) is 1.89. The van der Waals surface area contributed by atoms with Crippen LogP contribution in [0.2, 0.25) is 0 Å². The summed E-state index contributed by atoms with van der Waals surface area (Å²) in [7, 11) is 0. The molecule has 0 aliphatic heterocycles. The third-order valence-electron chi connectivity index (χ3n) is 3.06. The summed E-state index contributed by atoms with van der Waals surface area (Å²) in [6, 6.07) is 7.10. The fourth-order valence-electron chi connectivity index (χ4n) is 1.84. The van der Waals surface area contributed by atoms with Crippen LogP contribution in [0.4, 0.5) is 5.69 Å². The Bertz CT molecular complexity index is 461. The largest absolute Gasteiger partial charge is 0.491 e. The number of hydrogen-bond acceptors (Lipinski definition) is 3. The molecule has 1 aromatic rings. The average Bonchev–Trinajstić information content (AvgIpc) is 3.22. The van der Waals surface area contributed by atoms with E-state index < -0.39 is 0 Å². The minimum atomic E-state index is -0.0894. The number of allylic oxidation sites excluding steroid dienone is 1. The first kappa shape index (κ1) is 13.6. The number of aliphatic hydroxyl groups is 1. The molecule has 102 valence electrons. The zero-order valence-electron chi connectivity index (χ0n) is 11.1. The highest BCUT2D eigenvalue weighted by molar-refractivity contribution is 5.99. The van der Waals surface area contributed by atoms with Crippen LogP contribution in [0.15, 0.2) is 35.9 Å². The molecule has 1 aliphatic carbocycles. The Kier molecular flexibility index (Phi) is 4.58. The molecule has 4 heteroatoms. The first-order valence-electron chi connectivity index (χ1n) is 6.52. The molecule has 0 bridgehead atoms. The second-order valence-electron chi connectivity index (χ2n) is 4.75. The second kappa shape index (κ2) is 6.38. The molecule has 0 saturated heterocycles. The van der Waals surface area contributed by atoms with Gasteiger partial charge in [-0.1, -0.05) is 5.57 Å². The maximum atomic E-state index is 11.8. The number of amides is 1. The van der Waals surface area contributed by atoms with Crippen molar-refractivity contribution in [1.29, 1.82) is 0 Å². The number of rotatable bonds is 6. The van der Waals surface area contributed by atoms with Crippen LogP contribution in [-0.2, 0) is 4.79 Å². The number of ether oxygens (including phenoxy) is 1. The van der Waals surface area contributed by atoms with E-state index in [-0.39, 0.29) is 19.1 Å². The van der Waals surface area contributed by atoms with Crippen LogP contribution >= 0.6 is 0 Å². The van der Waals surface area contributed by atoms with Crippen molar-refractivity contribution >= 4 is 11.6 Å². The summed E-state index contributed by atoms with van der Waals surface area (Å²) in [5.74, 6) is 1.20. The van der Waals surface area contributed by atoms with E-state index in [9.17, 15) is 4.79 Å². The van der Waals surface area contributed by atoms with E-state index in [0.717, 1.165) is 11.3 Å². The summed E-state index contributed by atoms with van der Waals surface area (Å²) in [6.45, 7) is 2.27. The zero-order valence-corrected chi connectivity index (χ0v) is 11.1. The Morgan fingerprint density at radius 3 is 2.68 bits per heavy atom. The van der Waals surface area contributed by atoms with Crippen LogP contribution in [0.1, 0.15) is 19.8 Å². The van der Waals surface area contributed by atoms with Crippen LogP contribution in [-0.4, -0.2) is 24.2 Å². The van der Waals surface area contributed by atoms with E-state index >= 15 is 0 Å². The highest BCUT2D eigenvalue weighted by Gasteiger charge is 2.23. The van der Waals surface area contributed by atoms with Gasteiger partial charge in [-0.25, -0.2) is 0 Å². The fourth-order valence-corrected chi connectivity index (χ4v) is 1.84. The smallest absolute Gasteiger partial charge is 0.248 e. The highest BCUT2D eigenvalue weighted by atomic mass is 16.5. The third-order valence-corrected chi connectivity index (χ3v) is 3.06. The van der Waals surface area contributed by atoms with E-state index in [1.807, 2.05) is 6.92 Å². The molecule has 2 N–H and O–H groups in total. The van der Waals surface area contributed by atoms with Crippen molar-refractivity contribution in [2.24, 2.45) is 5.92 Å². The normalized spacial score (nSPS) is 15.2. The lowest BCUT2D eigenvalue weighted by Crippen LogP contribution is -2.09. The van der Waals surface area contributed by atoms with Gasteiger partial charge in [-0.15, -0.1) is 0 Å². The standard InChI is InChI=1S/C15H19NO3/c1-11(12-2-3-12)10-15(18)16-13-4-6-14(7-5-13)19-9-8-17/h4-7,10,12,17H,2-3,8-9H2,1H3,(H,16,18). The molecule has 1 amide bonds. The van der Waals surface area contributed by atoms with Gasteiger partial charge in [0.2, 0.25) is 5.91 Å². The van der Waals surface area contributed by atoms with Crippen LogP contribution in [0.5, 0.6) is 5.75 Å². The van der Waals surface area contributed by atoms with E-state index in [2.05, 4.69) is 5.32 Å². The van der Waals surface area contributed by atoms with E-state index in [1.54, 1.807) is 30.3 Å². The fraction of sp³-hybridized carbons (Fsp3) is 0.400. The van der Waals surface area contributed by atoms with Crippen molar-refractivity contribution in [3.05, 3.63) is 35.9 Å². The van der Waals surface area contributed by atoms with Crippen molar-refractivity contribution in [2.75, 3.05) is 18.5 Å².